The smallest absolute Gasteiger partial charge is 0.191 e. The molecule has 0 saturated carbocycles. The van der Waals surface area contributed by atoms with Crippen LogP contribution in [0, 0.1) is 5.92 Å². The lowest BCUT2D eigenvalue weighted by Crippen LogP contribution is -2.39. The third-order valence-electron chi connectivity index (χ3n) is 3.45. The third kappa shape index (κ3) is 8.72. The van der Waals surface area contributed by atoms with E-state index in [1.54, 1.807) is 12.4 Å². The van der Waals surface area contributed by atoms with Crippen LogP contribution in [0.25, 0.3) is 0 Å². The molecule has 1 aromatic rings. The highest BCUT2D eigenvalue weighted by Gasteiger charge is 2.12. The summed E-state index contributed by atoms with van der Waals surface area (Å²) >= 11 is 0. The predicted molar refractivity (Wildman–Crippen MR) is 98.6 cm³/mol. The fourth-order valence-electron chi connectivity index (χ4n) is 2.24. The molecule has 0 aliphatic carbocycles. The van der Waals surface area contributed by atoms with E-state index in [-0.39, 0.29) is 6.10 Å². The SMILES string of the molecule is CCNC(=NCCC(OCC)C(C)C)NCCOc1cccnc1. The van der Waals surface area contributed by atoms with Crippen molar-refractivity contribution in [1.82, 2.24) is 15.6 Å². The Kier molecular flexibility index (Phi) is 10.6. The Balaban J connectivity index is 2.33. The molecule has 0 saturated heterocycles. The molecule has 0 amide bonds. The Bertz CT molecular complexity index is 452. The number of nitrogens with zero attached hydrogens (tertiary/aromatic N) is 2. The maximum atomic E-state index is 5.76. The first-order valence-corrected chi connectivity index (χ1v) is 8.84. The molecule has 0 aliphatic rings. The van der Waals surface area contributed by atoms with Crippen molar-refractivity contribution < 1.29 is 9.47 Å². The van der Waals surface area contributed by atoms with Gasteiger partial charge in [-0.1, -0.05) is 13.8 Å². The van der Waals surface area contributed by atoms with Crippen LogP contribution in [0.3, 0.4) is 0 Å². The Hall–Kier alpha value is -1.82. The van der Waals surface area contributed by atoms with Gasteiger partial charge >= 0.3 is 0 Å². The zero-order valence-electron chi connectivity index (χ0n) is 15.4. The van der Waals surface area contributed by atoms with Crippen molar-refractivity contribution >= 4 is 5.96 Å². The number of aliphatic imine (C=N–C) groups is 1. The number of aromatic nitrogens is 1. The van der Waals surface area contributed by atoms with Crippen molar-refractivity contribution in [2.45, 2.75) is 40.2 Å². The fraction of sp³-hybridized carbons (Fsp3) is 0.667. The van der Waals surface area contributed by atoms with Gasteiger partial charge in [0.1, 0.15) is 12.4 Å². The molecule has 1 unspecified atom stereocenters. The van der Waals surface area contributed by atoms with Gasteiger partial charge in [-0.2, -0.15) is 0 Å². The number of rotatable bonds is 11. The van der Waals surface area contributed by atoms with Crippen LogP contribution in [0.15, 0.2) is 29.5 Å². The van der Waals surface area contributed by atoms with Crippen molar-refractivity contribution in [3.8, 4) is 5.75 Å². The van der Waals surface area contributed by atoms with Gasteiger partial charge in [-0.05, 0) is 38.3 Å². The minimum atomic E-state index is 0.260. The summed E-state index contributed by atoms with van der Waals surface area (Å²) < 4.78 is 11.4. The summed E-state index contributed by atoms with van der Waals surface area (Å²) in [6.07, 6.45) is 4.62. The summed E-state index contributed by atoms with van der Waals surface area (Å²) in [5.41, 5.74) is 0. The van der Waals surface area contributed by atoms with Gasteiger partial charge in [-0.25, -0.2) is 0 Å². The van der Waals surface area contributed by atoms with Gasteiger partial charge in [0.05, 0.1) is 18.8 Å². The summed E-state index contributed by atoms with van der Waals surface area (Å²) in [7, 11) is 0. The zero-order chi connectivity index (χ0) is 17.6. The summed E-state index contributed by atoms with van der Waals surface area (Å²) in [6, 6.07) is 3.75. The highest BCUT2D eigenvalue weighted by Crippen LogP contribution is 2.10. The van der Waals surface area contributed by atoms with Crippen LogP contribution in [-0.4, -0.2) is 49.9 Å². The first-order valence-electron chi connectivity index (χ1n) is 8.84. The van der Waals surface area contributed by atoms with Crippen LogP contribution in [0.1, 0.15) is 34.1 Å². The summed E-state index contributed by atoms with van der Waals surface area (Å²) in [5, 5.41) is 6.52. The van der Waals surface area contributed by atoms with Crippen LogP contribution in [0.5, 0.6) is 5.75 Å². The monoisotopic (exact) mass is 336 g/mol. The number of ether oxygens (including phenoxy) is 2. The average Bonchev–Trinajstić information content (AvgIpc) is 2.58. The molecular formula is C18H32N4O2. The molecule has 2 N–H and O–H groups in total. The van der Waals surface area contributed by atoms with E-state index in [0.29, 0.717) is 19.1 Å². The minimum absolute atomic E-state index is 0.260. The third-order valence-corrected chi connectivity index (χ3v) is 3.45. The first kappa shape index (κ1) is 20.2. The van der Waals surface area contributed by atoms with Crippen LogP contribution in [0.4, 0.5) is 0 Å². The maximum absolute atomic E-state index is 5.76. The van der Waals surface area contributed by atoms with Crippen LogP contribution in [-0.2, 0) is 4.74 Å². The molecule has 0 radical (unpaired) electrons. The Labute approximate surface area is 146 Å². The van der Waals surface area contributed by atoms with E-state index >= 15 is 0 Å². The molecule has 1 atom stereocenters. The summed E-state index contributed by atoms with van der Waals surface area (Å²) in [4.78, 5) is 8.63. The van der Waals surface area contributed by atoms with Gasteiger partial charge < -0.3 is 20.1 Å². The normalized spacial score (nSPS) is 13.0. The second kappa shape index (κ2) is 12.6. The summed E-state index contributed by atoms with van der Waals surface area (Å²) in [6.45, 7) is 12.0. The summed E-state index contributed by atoms with van der Waals surface area (Å²) in [5.74, 6) is 2.09. The van der Waals surface area contributed by atoms with E-state index in [4.69, 9.17) is 9.47 Å². The number of pyridine rings is 1. The number of nitrogens with one attached hydrogen (secondary N) is 2. The lowest BCUT2D eigenvalue weighted by Gasteiger charge is -2.20. The van der Waals surface area contributed by atoms with Crippen LogP contribution in [0.2, 0.25) is 0 Å². The highest BCUT2D eigenvalue weighted by molar-refractivity contribution is 5.79. The van der Waals surface area contributed by atoms with Gasteiger partial charge in [0.25, 0.3) is 0 Å². The fourth-order valence-corrected chi connectivity index (χ4v) is 2.24. The van der Waals surface area contributed by atoms with Gasteiger partial charge in [0.15, 0.2) is 5.96 Å². The lowest BCUT2D eigenvalue weighted by molar-refractivity contribution is 0.0266. The second-order valence-corrected chi connectivity index (χ2v) is 5.75. The van der Waals surface area contributed by atoms with Crippen molar-refractivity contribution in [2.75, 3.05) is 32.8 Å². The largest absolute Gasteiger partial charge is 0.490 e. The van der Waals surface area contributed by atoms with Crippen molar-refractivity contribution in [2.24, 2.45) is 10.9 Å². The van der Waals surface area contributed by atoms with Crippen molar-refractivity contribution in [1.29, 1.82) is 0 Å². The predicted octanol–water partition coefficient (Wildman–Crippen LogP) is 2.47. The van der Waals surface area contributed by atoms with Gasteiger partial charge in [0.2, 0.25) is 0 Å². The molecule has 6 heteroatoms. The highest BCUT2D eigenvalue weighted by atomic mass is 16.5. The lowest BCUT2D eigenvalue weighted by atomic mass is 10.0. The van der Waals surface area contributed by atoms with E-state index in [9.17, 15) is 0 Å². The van der Waals surface area contributed by atoms with E-state index in [1.807, 2.05) is 19.1 Å². The Morgan fingerprint density at radius 1 is 1.29 bits per heavy atom. The van der Waals surface area contributed by atoms with E-state index in [0.717, 1.165) is 37.8 Å². The molecule has 0 aromatic carbocycles. The molecule has 1 rings (SSSR count). The molecule has 0 spiro atoms. The molecule has 0 bridgehead atoms. The van der Waals surface area contributed by atoms with Crippen LogP contribution < -0.4 is 15.4 Å². The maximum Gasteiger partial charge on any atom is 0.191 e. The molecule has 1 aromatic heterocycles. The quantitative estimate of drug-likeness (QED) is 0.369. The molecule has 0 fully saturated rings. The van der Waals surface area contributed by atoms with Crippen molar-refractivity contribution in [3.05, 3.63) is 24.5 Å². The number of guanidine groups is 1. The molecule has 1 heterocycles. The molecule has 6 nitrogen and oxygen atoms in total. The minimum Gasteiger partial charge on any atom is -0.490 e. The molecular weight excluding hydrogens is 304 g/mol. The Morgan fingerprint density at radius 3 is 2.75 bits per heavy atom. The standard InChI is InChI=1S/C18H32N4O2/c1-5-20-18(21-11-9-17(15(3)4)23-6-2)22-12-13-24-16-8-7-10-19-14-16/h7-8,10,14-15,17H,5-6,9,11-13H2,1-4H3,(H2,20,21,22). The zero-order valence-corrected chi connectivity index (χ0v) is 15.4. The molecule has 0 aliphatic heterocycles. The number of hydrogen-bond acceptors (Lipinski definition) is 4. The van der Waals surface area contributed by atoms with Gasteiger partial charge in [0, 0.05) is 25.9 Å². The van der Waals surface area contributed by atoms with E-state index < -0.39 is 0 Å². The Morgan fingerprint density at radius 2 is 2.12 bits per heavy atom. The van der Waals surface area contributed by atoms with E-state index in [2.05, 4.69) is 41.4 Å². The van der Waals surface area contributed by atoms with Crippen molar-refractivity contribution in [3.63, 3.8) is 0 Å². The van der Waals surface area contributed by atoms with Crippen LogP contribution >= 0.6 is 0 Å². The first-order chi connectivity index (χ1) is 11.7. The average molecular weight is 336 g/mol. The second-order valence-electron chi connectivity index (χ2n) is 5.75. The molecule has 24 heavy (non-hydrogen) atoms. The van der Waals surface area contributed by atoms with Gasteiger partial charge in [-0.15, -0.1) is 0 Å². The van der Waals surface area contributed by atoms with E-state index in [1.165, 1.54) is 0 Å². The number of hydrogen-bond donors (Lipinski definition) is 2. The van der Waals surface area contributed by atoms with Gasteiger partial charge in [-0.3, -0.25) is 9.98 Å². The molecule has 136 valence electrons. The topological polar surface area (TPSA) is 67.8 Å².